The average molecular weight is 303 g/mol. The van der Waals surface area contributed by atoms with Crippen molar-refractivity contribution in [3.63, 3.8) is 0 Å². The summed E-state index contributed by atoms with van der Waals surface area (Å²) in [5.41, 5.74) is 2.90. The highest BCUT2D eigenvalue weighted by Gasteiger charge is 2.10. The molecule has 0 aliphatic rings. The van der Waals surface area contributed by atoms with E-state index in [2.05, 4.69) is 0 Å². The van der Waals surface area contributed by atoms with Gasteiger partial charge in [-0.3, -0.25) is 0 Å². The van der Waals surface area contributed by atoms with Crippen LogP contribution < -0.4 is 0 Å². The molecule has 2 nitrogen and oxygen atoms in total. The van der Waals surface area contributed by atoms with Gasteiger partial charge in [0.05, 0.1) is 12.2 Å². The van der Waals surface area contributed by atoms with Crippen molar-refractivity contribution in [2.24, 2.45) is 0 Å². The summed E-state index contributed by atoms with van der Waals surface area (Å²) in [5.74, 6) is -0.293. The van der Waals surface area contributed by atoms with Crippen molar-refractivity contribution in [3.8, 4) is 0 Å². The fourth-order valence-corrected chi connectivity index (χ4v) is 2.29. The van der Waals surface area contributed by atoms with Crippen molar-refractivity contribution in [2.45, 2.75) is 25.1 Å². The van der Waals surface area contributed by atoms with Gasteiger partial charge >= 0.3 is 5.97 Å². The molecule has 1 atom stereocenters. The number of esters is 1. The van der Waals surface area contributed by atoms with Crippen molar-refractivity contribution in [2.75, 3.05) is 6.61 Å². The van der Waals surface area contributed by atoms with E-state index in [4.69, 9.17) is 16.3 Å². The fraction of sp³-hybridized carbons (Fsp3) is 0.278. The summed E-state index contributed by atoms with van der Waals surface area (Å²) in [5, 5.41) is -0.0294. The summed E-state index contributed by atoms with van der Waals surface area (Å²) in [6.45, 7) is 2.32. The highest BCUT2D eigenvalue weighted by molar-refractivity contribution is 6.20. The van der Waals surface area contributed by atoms with Gasteiger partial charge in [0.15, 0.2) is 0 Å². The number of benzene rings is 2. The van der Waals surface area contributed by atoms with Gasteiger partial charge in [0.2, 0.25) is 0 Å². The predicted molar refractivity (Wildman–Crippen MR) is 85.9 cm³/mol. The van der Waals surface area contributed by atoms with Crippen molar-refractivity contribution < 1.29 is 9.53 Å². The molecule has 0 radical (unpaired) electrons. The second-order valence-electron chi connectivity index (χ2n) is 5.08. The molecule has 0 amide bonds. The van der Waals surface area contributed by atoms with Gasteiger partial charge in [0.1, 0.15) is 0 Å². The summed E-state index contributed by atoms with van der Waals surface area (Å²) < 4.78 is 5.25. The van der Waals surface area contributed by atoms with Crippen LogP contribution in [0.25, 0.3) is 0 Å². The molecule has 2 aromatic rings. The Kier molecular flexibility index (Phi) is 5.82. The topological polar surface area (TPSA) is 26.3 Å². The quantitative estimate of drug-likeness (QED) is 0.584. The van der Waals surface area contributed by atoms with Crippen LogP contribution in [-0.2, 0) is 11.2 Å². The standard InChI is InChI=1S/C18H19ClO2/c1-14-7-9-16(10-8-14)18(20)21-12-11-17(19)13-15-5-3-2-4-6-15/h2-10,17H,11-13H2,1H3. The summed E-state index contributed by atoms with van der Waals surface area (Å²) in [7, 11) is 0. The Labute approximate surface area is 130 Å². The normalized spacial score (nSPS) is 11.9. The number of alkyl halides is 1. The van der Waals surface area contributed by atoms with Crippen LogP contribution in [0.1, 0.15) is 27.9 Å². The smallest absolute Gasteiger partial charge is 0.338 e. The molecule has 21 heavy (non-hydrogen) atoms. The molecule has 2 aromatic carbocycles. The van der Waals surface area contributed by atoms with E-state index in [1.54, 1.807) is 12.1 Å². The van der Waals surface area contributed by atoms with Crippen LogP contribution in [0.5, 0.6) is 0 Å². The molecule has 0 fully saturated rings. The molecule has 0 saturated heterocycles. The zero-order chi connectivity index (χ0) is 15.1. The number of ether oxygens (including phenoxy) is 1. The van der Waals surface area contributed by atoms with Gasteiger partial charge in [0, 0.05) is 5.38 Å². The molecule has 2 rings (SSSR count). The van der Waals surface area contributed by atoms with E-state index in [0.29, 0.717) is 18.6 Å². The first-order chi connectivity index (χ1) is 10.1. The molecule has 0 N–H and O–H groups in total. The average Bonchev–Trinajstić information content (AvgIpc) is 2.49. The maximum atomic E-state index is 11.8. The Bertz CT molecular complexity index is 564. The summed E-state index contributed by atoms with van der Waals surface area (Å²) in [6, 6.07) is 17.4. The zero-order valence-electron chi connectivity index (χ0n) is 12.1. The van der Waals surface area contributed by atoms with E-state index >= 15 is 0 Å². The van der Waals surface area contributed by atoms with Crippen molar-refractivity contribution in [1.29, 1.82) is 0 Å². The first kappa shape index (κ1) is 15.6. The number of aryl methyl sites for hydroxylation is 1. The number of carbonyl (C=O) groups is 1. The van der Waals surface area contributed by atoms with Gasteiger partial charge in [-0.05, 0) is 37.5 Å². The van der Waals surface area contributed by atoms with E-state index < -0.39 is 0 Å². The largest absolute Gasteiger partial charge is 0.462 e. The Balaban J connectivity index is 1.73. The highest BCUT2D eigenvalue weighted by Crippen LogP contribution is 2.12. The van der Waals surface area contributed by atoms with Gasteiger partial charge in [-0.25, -0.2) is 4.79 Å². The molecule has 1 unspecified atom stereocenters. The van der Waals surface area contributed by atoms with Gasteiger partial charge in [-0.1, -0.05) is 48.0 Å². The molecule has 0 saturated carbocycles. The van der Waals surface area contributed by atoms with Crippen LogP contribution in [0.4, 0.5) is 0 Å². The van der Waals surface area contributed by atoms with Crippen molar-refractivity contribution in [1.82, 2.24) is 0 Å². The summed E-state index contributed by atoms with van der Waals surface area (Å²) in [4.78, 5) is 11.8. The van der Waals surface area contributed by atoms with E-state index in [1.165, 1.54) is 5.56 Å². The molecule has 0 aliphatic carbocycles. The SMILES string of the molecule is Cc1ccc(C(=O)OCCC(Cl)Cc2ccccc2)cc1. The number of hydrogen-bond acceptors (Lipinski definition) is 2. The van der Waals surface area contributed by atoms with E-state index in [0.717, 1.165) is 12.0 Å². The molecule has 3 heteroatoms. The van der Waals surface area contributed by atoms with E-state index in [-0.39, 0.29) is 11.3 Å². The molecule has 0 spiro atoms. The van der Waals surface area contributed by atoms with Crippen LogP contribution in [0.3, 0.4) is 0 Å². The third-order valence-corrected chi connectivity index (χ3v) is 3.62. The number of carbonyl (C=O) groups excluding carboxylic acids is 1. The molecule has 0 aliphatic heterocycles. The molecule has 0 aromatic heterocycles. The number of hydrogen-bond donors (Lipinski definition) is 0. The van der Waals surface area contributed by atoms with Crippen molar-refractivity contribution in [3.05, 3.63) is 71.3 Å². The second kappa shape index (κ2) is 7.84. The Hall–Kier alpha value is -1.80. The highest BCUT2D eigenvalue weighted by atomic mass is 35.5. The third-order valence-electron chi connectivity index (χ3n) is 3.25. The first-order valence-corrected chi connectivity index (χ1v) is 7.50. The summed E-state index contributed by atoms with van der Waals surface area (Å²) >= 11 is 6.27. The lowest BCUT2D eigenvalue weighted by molar-refractivity contribution is 0.0499. The maximum Gasteiger partial charge on any atom is 0.338 e. The van der Waals surface area contributed by atoms with Crippen LogP contribution in [0, 0.1) is 6.92 Å². The predicted octanol–water partition coefficient (Wildman–Crippen LogP) is 4.39. The third kappa shape index (κ3) is 5.24. The Morgan fingerprint density at radius 2 is 1.76 bits per heavy atom. The van der Waals surface area contributed by atoms with Gasteiger partial charge in [0.25, 0.3) is 0 Å². The Morgan fingerprint density at radius 1 is 1.10 bits per heavy atom. The van der Waals surface area contributed by atoms with E-state index in [1.807, 2.05) is 49.4 Å². The Morgan fingerprint density at radius 3 is 2.43 bits per heavy atom. The fourth-order valence-electron chi connectivity index (χ4n) is 2.02. The van der Waals surface area contributed by atoms with E-state index in [9.17, 15) is 4.79 Å². The van der Waals surface area contributed by atoms with Crippen LogP contribution in [0.2, 0.25) is 0 Å². The molecule has 110 valence electrons. The van der Waals surface area contributed by atoms with Crippen LogP contribution in [-0.4, -0.2) is 18.0 Å². The maximum absolute atomic E-state index is 11.8. The minimum atomic E-state index is -0.293. The zero-order valence-corrected chi connectivity index (χ0v) is 12.8. The minimum Gasteiger partial charge on any atom is -0.462 e. The monoisotopic (exact) mass is 302 g/mol. The molecular formula is C18H19ClO2. The van der Waals surface area contributed by atoms with Crippen molar-refractivity contribution >= 4 is 17.6 Å². The first-order valence-electron chi connectivity index (χ1n) is 7.07. The van der Waals surface area contributed by atoms with Gasteiger partial charge in [-0.2, -0.15) is 0 Å². The number of rotatable bonds is 6. The van der Waals surface area contributed by atoms with Gasteiger partial charge < -0.3 is 4.74 Å². The van der Waals surface area contributed by atoms with Crippen LogP contribution >= 0.6 is 11.6 Å². The molecule has 0 bridgehead atoms. The second-order valence-corrected chi connectivity index (χ2v) is 5.69. The summed E-state index contributed by atoms with van der Waals surface area (Å²) in [6.07, 6.45) is 1.43. The lowest BCUT2D eigenvalue weighted by atomic mass is 10.1. The molecule has 0 heterocycles. The lowest BCUT2D eigenvalue weighted by Gasteiger charge is -2.10. The minimum absolute atomic E-state index is 0.0294. The number of halogens is 1. The lowest BCUT2D eigenvalue weighted by Crippen LogP contribution is -2.12. The molecular weight excluding hydrogens is 284 g/mol. The van der Waals surface area contributed by atoms with Crippen LogP contribution in [0.15, 0.2) is 54.6 Å². The van der Waals surface area contributed by atoms with Gasteiger partial charge in [-0.15, -0.1) is 11.6 Å².